The lowest BCUT2D eigenvalue weighted by molar-refractivity contribution is 0.0810. The van der Waals surface area contributed by atoms with Crippen molar-refractivity contribution in [2.24, 2.45) is 0 Å². The van der Waals surface area contributed by atoms with Crippen molar-refractivity contribution in [2.75, 3.05) is 6.61 Å². The van der Waals surface area contributed by atoms with E-state index in [9.17, 15) is 5.11 Å². The van der Waals surface area contributed by atoms with Gasteiger partial charge in [0.05, 0.1) is 19.3 Å². The highest BCUT2D eigenvalue weighted by atomic mass is 16.3. The van der Waals surface area contributed by atoms with Gasteiger partial charge in [0.2, 0.25) is 0 Å². The predicted molar refractivity (Wildman–Crippen MR) is 73.7 cm³/mol. The molecule has 0 bridgehead atoms. The molecule has 0 aliphatic carbocycles. The molecular weight excluding hydrogens is 226 g/mol. The number of para-hydroxylation sites is 1. The SMILES string of the molecule is CC(C)(C)c1cc2ccccc2n1CC(O)CO. The summed E-state index contributed by atoms with van der Waals surface area (Å²) in [6, 6.07) is 10.3. The third-order valence-electron chi connectivity index (χ3n) is 3.18. The maximum atomic E-state index is 9.71. The average molecular weight is 247 g/mol. The highest BCUT2D eigenvalue weighted by Crippen LogP contribution is 2.29. The highest BCUT2D eigenvalue weighted by molar-refractivity contribution is 5.81. The van der Waals surface area contributed by atoms with E-state index in [0.29, 0.717) is 6.54 Å². The molecule has 1 unspecified atom stereocenters. The second-order valence-corrected chi connectivity index (χ2v) is 5.79. The zero-order valence-electron chi connectivity index (χ0n) is 11.2. The second-order valence-electron chi connectivity index (χ2n) is 5.79. The largest absolute Gasteiger partial charge is 0.394 e. The second kappa shape index (κ2) is 4.75. The van der Waals surface area contributed by atoms with Gasteiger partial charge in [-0.05, 0) is 17.5 Å². The molecule has 0 spiro atoms. The van der Waals surface area contributed by atoms with Gasteiger partial charge in [-0.25, -0.2) is 0 Å². The summed E-state index contributed by atoms with van der Waals surface area (Å²) in [5, 5.41) is 19.9. The first-order valence-electron chi connectivity index (χ1n) is 6.31. The molecule has 0 radical (unpaired) electrons. The van der Waals surface area contributed by atoms with Crippen molar-refractivity contribution in [2.45, 2.75) is 38.8 Å². The fourth-order valence-corrected chi connectivity index (χ4v) is 2.30. The van der Waals surface area contributed by atoms with Gasteiger partial charge in [-0.2, -0.15) is 0 Å². The summed E-state index contributed by atoms with van der Waals surface area (Å²) in [6.07, 6.45) is -0.720. The Kier molecular flexibility index (Phi) is 3.46. The van der Waals surface area contributed by atoms with Crippen molar-refractivity contribution in [1.82, 2.24) is 4.57 Å². The quantitative estimate of drug-likeness (QED) is 0.874. The van der Waals surface area contributed by atoms with Crippen molar-refractivity contribution >= 4 is 10.9 Å². The van der Waals surface area contributed by atoms with E-state index in [-0.39, 0.29) is 12.0 Å². The van der Waals surface area contributed by atoms with E-state index in [0.717, 1.165) is 5.52 Å². The summed E-state index contributed by atoms with van der Waals surface area (Å²) in [4.78, 5) is 0. The molecule has 3 heteroatoms. The number of hydrogen-bond acceptors (Lipinski definition) is 2. The number of aliphatic hydroxyl groups is 2. The summed E-state index contributed by atoms with van der Waals surface area (Å²) in [5.74, 6) is 0. The Labute approximate surface area is 108 Å². The van der Waals surface area contributed by atoms with Crippen molar-refractivity contribution in [3.8, 4) is 0 Å². The van der Waals surface area contributed by atoms with E-state index in [2.05, 4.69) is 43.5 Å². The normalized spacial score (nSPS) is 14.1. The van der Waals surface area contributed by atoms with Gasteiger partial charge in [-0.3, -0.25) is 0 Å². The summed E-state index contributed by atoms with van der Waals surface area (Å²) >= 11 is 0. The van der Waals surface area contributed by atoms with Crippen LogP contribution in [0.4, 0.5) is 0 Å². The molecule has 1 atom stereocenters. The van der Waals surface area contributed by atoms with Gasteiger partial charge in [0, 0.05) is 16.6 Å². The van der Waals surface area contributed by atoms with Gasteiger partial charge in [-0.15, -0.1) is 0 Å². The molecule has 0 fully saturated rings. The van der Waals surface area contributed by atoms with Crippen LogP contribution in [0.1, 0.15) is 26.5 Å². The van der Waals surface area contributed by atoms with Gasteiger partial charge < -0.3 is 14.8 Å². The summed E-state index contributed by atoms with van der Waals surface area (Å²) in [6.45, 7) is 6.68. The Morgan fingerprint density at radius 2 is 1.89 bits per heavy atom. The fourth-order valence-electron chi connectivity index (χ4n) is 2.30. The molecule has 0 saturated carbocycles. The zero-order chi connectivity index (χ0) is 13.3. The van der Waals surface area contributed by atoms with Crippen LogP contribution in [0.25, 0.3) is 10.9 Å². The lowest BCUT2D eigenvalue weighted by Gasteiger charge is -2.23. The Balaban J connectivity index is 2.58. The van der Waals surface area contributed by atoms with E-state index in [1.165, 1.54) is 11.1 Å². The van der Waals surface area contributed by atoms with Crippen LogP contribution >= 0.6 is 0 Å². The number of nitrogens with zero attached hydrogens (tertiary/aromatic N) is 1. The smallest absolute Gasteiger partial charge is 0.0949 e. The number of benzene rings is 1. The molecule has 1 heterocycles. The average Bonchev–Trinajstić information content (AvgIpc) is 2.68. The fraction of sp³-hybridized carbons (Fsp3) is 0.467. The van der Waals surface area contributed by atoms with Crippen molar-refractivity contribution in [3.05, 3.63) is 36.0 Å². The standard InChI is InChI=1S/C15H21NO2/c1-15(2,3)14-8-11-6-4-5-7-13(11)16(14)9-12(18)10-17/h4-8,12,17-18H,9-10H2,1-3H3. The molecule has 3 nitrogen and oxygen atoms in total. The van der Waals surface area contributed by atoms with Crippen LogP contribution in [0.5, 0.6) is 0 Å². The van der Waals surface area contributed by atoms with E-state index in [4.69, 9.17) is 5.11 Å². The molecule has 2 N–H and O–H groups in total. The third kappa shape index (κ3) is 2.42. The Morgan fingerprint density at radius 1 is 1.22 bits per heavy atom. The molecule has 2 aromatic rings. The summed E-state index contributed by atoms with van der Waals surface area (Å²) < 4.78 is 2.11. The number of hydrogen-bond donors (Lipinski definition) is 2. The Morgan fingerprint density at radius 3 is 2.50 bits per heavy atom. The van der Waals surface area contributed by atoms with Crippen LogP contribution in [-0.2, 0) is 12.0 Å². The molecule has 0 aliphatic rings. The molecule has 1 aromatic heterocycles. The third-order valence-corrected chi connectivity index (χ3v) is 3.18. The first-order chi connectivity index (χ1) is 8.43. The van der Waals surface area contributed by atoms with E-state index in [1.807, 2.05) is 12.1 Å². The summed E-state index contributed by atoms with van der Waals surface area (Å²) in [5.41, 5.74) is 2.29. The summed E-state index contributed by atoms with van der Waals surface area (Å²) in [7, 11) is 0. The lowest BCUT2D eigenvalue weighted by atomic mass is 9.92. The lowest BCUT2D eigenvalue weighted by Crippen LogP contribution is -2.25. The topological polar surface area (TPSA) is 45.4 Å². The molecule has 1 aromatic carbocycles. The Bertz CT molecular complexity index is 537. The maximum Gasteiger partial charge on any atom is 0.0949 e. The number of aliphatic hydroxyl groups excluding tert-OH is 2. The number of aromatic nitrogens is 1. The predicted octanol–water partition coefficient (Wildman–Crippen LogP) is 2.29. The van der Waals surface area contributed by atoms with Gasteiger partial charge >= 0.3 is 0 Å². The van der Waals surface area contributed by atoms with Crippen LogP contribution in [0.2, 0.25) is 0 Å². The van der Waals surface area contributed by atoms with Crippen molar-refractivity contribution in [1.29, 1.82) is 0 Å². The van der Waals surface area contributed by atoms with E-state index >= 15 is 0 Å². The minimum absolute atomic E-state index is 0.00813. The zero-order valence-corrected chi connectivity index (χ0v) is 11.2. The van der Waals surface area contributed by atoms with E-state index < -0.39 is 6.10 Å². The van der Waals surface area contributed by atoms with E-state index in [1.54, 1.807) is 0 Å². The van der Waals surface area contributed by atoms with Gasteiger partial charge in [0.1, 0.15) is 0 Å². The maximum absolute atomic E-state index is 9.71. The van der Waals surface area contributed by atoms with Crippen LogP contribution in [0.3, 0.4) is 0 Å². The Hall–Kier alpha value is -1.32. The minimum Gasteiger partial charge on any atom is -0.394 e. The van der Waals surface area contributed by atoms with Gasteiger partial charge in [-0.1, -0.05) is 39.0 Å². The first-order valence-corrected chi connectivity index (χ1v) is 6.31. The number of rotatable bonds is 3. The molecule has 0 amide bonds. The molecule has 98 valence electrons. The van der Waals surface area contributed by atoms with Gasteiger partial charge in [0.25, 0.3) is 0 Å². The number of fused-ring (bicyclic) bond motifs is 1. The molecular formula is C15H21NO2. The van der Waals surface area contributed by atoms with Crippen LogP contribution in [0, 0.1) is 0 Å². The van der Waals surface area contributed by atoms with Crippen molar-refractivity contribution in [3.63, 3.8) is 0 Å². The molecule has 2 rings (SSSR count). The van der Waals surface area contributed by atoms with Crippen LogP contribution < -0.4 is 0 Å². The highest BCUT2D eigenvalue weighted by Gasteiger charge is 2.21. The first kappa shape index (κ1) is 13.1. The van der Waals surface area contributed by atoms with Crippen LogP contribution in [-0.4, -0.2) is 27.5 Å². The van der Waals surface area contributed by atoms with Crippen LogP contribution in [0.15, 0.2) is 30.3 Å². The molecule has 0 aliphatic heterocycles. The molecule has 18 heavy (non-hydrogen) atoms. The molecule has 0 saturated heterocycles. The van der Waals surface area contributed by atoms with Crippen molar-refractivity contribution < 1.29 is 10.2 Å². The minimum atomic E-state index is -0.720. The van der Waals surface area contributed by atoms with Gasteiger partial charge in [0.15, 0.2) is 0 Å². The monoisotopic (exact) mass is 247 g/mol.